The Labute approximate surface area is 152 Å². The van der Waals surface area contributed by atoms with Gasteiger partial charge in [0.1, 0.15) is 0 Å². The van der Waals surface area contributed by atoms with Crippen LogP contribution in [0.25, 0.3) is 22.5 Å². The lowest BCUT2D eigenvalue weighted by atomic mass is 10.1. The number of benzene rings is 1. The van der Waals surface area contributed by atoms with Gasteiger partial charge in [0.05, 0.1) is 17.1 Å². The van der Waals surface area contributed by atoms with Crippen molar-refractivity contribution in [3.63, 3.8) is 0 Å². The van der Waals surface area contributed by atoms with Crippen LogP contribution in [-0.2, 0) is 7.05 Å². The maximum atomic E-state index is 6.40. The van der Waals surface area contributed by atoms with E-state index in [9.17, 15) is 0 Å². The highest BCUT2D eigenvalue weighted by Gasteiger charge is 2.23. The predicted octanol–water partition coefficient (Wildman–Crippen LogP) is 4.39. The lowest BCUT2D eigenvalue weighted by Gasteiger charge is -2.11. The Balaban J connectivity index is 1.89. The molecule has 4 rings (SSSR count). The molecular formula is C19H20ClN5. The van der Waals surface area contributed by atoms with Gasteiger partial charge in [-0.1, -0.05) is 29.8 Å². The summed E-state index contributed by atoms with van der Waals surface area (Å²) in [6, 6.07) is 10.2. The molecule has 1 aliphatic rings. The fraction of sp³-hybridized carbons (Fsp3) is 0.316. The van der Waals surface area contributed by atoms with E-state index >= 15 is 0 Å². The highest BCUT2D eigenvalue weighted by molar-refractivity contribution is 6.33. The minimum atomic E-state index is 0.477. The van der Waals surface area contributed by atoms with Crippen molar-refractivity contribution < 1.29 is 0 Å². The quantitative estimate of drug-likeness (QED) is 0.755. The molecule has 5 nitrogen and oxygen atoms in total. The molecule has 0 unspecified atom stereocenters. The second kappa shape index (κ2) is 6.15. The first-order valence-electron chi connectivity index (χ1n) is 8.44. The molecule has 1 fully saturated rings. The minimum absolute atomic E-state index is 0.477. The maximum absolute atomic E-state index is 6.40. The normalized spacial score (nSPS) is 13.9. The molecule has 0 spiro atoms. The Morgan fingerprint density at radius 1 is 1.12 bits per heavy atom. The highest BCUT2D eigenvalue weighted by Crippen LogP contribution is 2.33. The predicted molar refractivity (Wildman–Crippen MR) is 101 cm³/mol. The van der Waals surface area contributed by atoms with Gasteiger partial charge in [-0.15, -0.1) is 0 Å². The summed E-state index contributed by atoms with van der Waals surface area (Å²) in [7, 11) is 1.95. The van der Waals surface area contributed by atoms with Crippen LogP contribution in [0.5, 0.6) is 0 Å². The molecule has 0 atom stereocenters. The van der Waals surface area contributed by atoms with Crippen LogP contribution in [0.1, 0.15) is 24.2 Å². The van der Waals surface area contributed by atoms with E-state index in [4.69, 9.17) is 21.6 Å². The van der Waals surface area contributed by atoms with E-state index in [0.29, 0.717) is 17.0 Å². The first kappa shape index (κ1) is 16.1. The summed E-state index contributed by atoms with van der Waals surface area (Å²) in [5.41, 5.74) is 5.69. The highest BCUT2D eigenvalue weighted by atomic mass is 35.5. The van der Waals surface area contributed by atoms with Crippen LogP contribution in [0.15, 0.2) is 30.3 Å². The van der Waals surface area contributed by atoms with Gasteiger partial charge in [-0.2, -0.15) is 5.10 Å². The van der Waals surface area contributed by atoms with E-state index in [1.807, 2.05) is 49.0 Å². The second-order valence-corrected chi connectivity index (χ2v) is 6.94. The maximum Gasteiger partial charge on any atom is 0.224 e. The SMILES string of the molecule is Cc1nn(C)c(C)c1-c1cc(-c2ccccc2Cl)nc(NC2CC2)n1. The van der Waals surface area contributed by atoms with Gasteiger partial charge >= 0.3 is 0 Å². The molecule has 6 heteroatoms. The number of hydrogen-bond acceptors (Lipinski definition) is 4. The first-order valence-corrected chi connectivity index (χ1v) is 8.82. The number of rotatable bonds is 4. The smallest absolute Gasteiger partial charge is 0.224 e. The molecule has 1 aliphatic carbocycles. The summed E-state index contributed by atoms with van der Waals surface area (Å²) in [5, 5.41) is 8.61. The topological polar surface area (TPSA) is 55.6 Å². The van der Waals surface area contributed by atoms with Crippen LogP contribution in [0.2, 0.25) is 5.02 Å². The summed E-state index contributed by atoms with van der Waals surface area (Å²) in [6.45, 7) is 4.06. The van der Waals surface area contributed by atoms with Gasteiger partial charge in [0, 0.05) is 34.9 Å². The van der Waals surface area contributed by atoms with Gasteiger partial charge in [0.25, 0.3) is 0 Å². The van der Waals surface area contributed by atoms with Gasteiger partial charge in [-0.25, -0.2) is 9.97 Å². The van der Waals surface area contributed by atoms with E-state index in [-0.39, 0.29) is 0 Å². The van der Waals surface area contributed by atoms with Gasteiger partial charge < -0.3 is 5.32 Å². The third kappa shape index (κ3) is 3.12. The molecule has 128 valence electrons. The molecule has 25 heavy (non-hydrogen) atoms. The zero-order chi connectivity index (χ0) is 17.6. The molecule has 0 amide bonds. The number of halogens is 1. The average molecular weight is 354 g/mol. The van der Waals surface area contributed by atoms with Crippen LogP contribution >= 0.6 is 11.6 Å². The Morgan fingerprint density at radius 2 is 1.84 bits per heavy atom. The lowest BCUT2D eigenvalue weighted by Crippen LogP contribution is -2.07. The van der Waals surface area contributed by atoms with Crippen molar-refractivity contribution in [2.24, 2.45) is 7.05 Å². The molecule has 2 aromatic heterocycles. The summed E-state index contributed by atoms with van der Waals surface area (Å²) in [5.74, 6) is 0.651. The molecule has 3 aromatic rings. The molecule has 0 saturated heterocycles. The van der Waals surface area contributed by atoms with Crippen LogP contribution < -0.4 is 5.32 Å². The Kier molecular flexibility index (Phi) is 3.96. The van der Waals surface area contributed by atoms with Crippen molar-refractivity contribution in [2.45, 2.75) is 32.7 Å². The van der Waals surface area contributed by atoms with Crippen molar-refractivity contribution >= 4 is 17.5 Å². The fourth-order valence-electron chi connectivity index (χ4n) is 3.00. The van der Waals surface area contributed by atoms with Crippen LogP contribution in [0, 0.1) is 13.8 Å². The number of nitrogens with one attached hydrogen (secondary N) is 1. The molecular weight excluding hydrogens is 334 g/mol. The first-order chi connectivity index (χ1) is 12.0. The molecule has 1 saturated carbocycles. The fourth-order valence-corrected chi connectivity index (χ4v) is 3.23. The van der Waals surface area contributed by atoms with Crippen molar-refractivity contribution in [2.75, 3.05) is 5.32 Å². The van der Waals surface area contributed by atoms with Gasteiger partial charge in [-0.3, -0.25) is 4.68 Å². The van der Waals surface area contributed by atoms with E-state index < -0.39 is 0 Å². The minimum Gasteiger partial charge on any atom is -0.351 e. The average Bonchev–Trinajstić information content (AvgIpc) is 3.34. The lowest BCUT2D eigenvalue weighted by molar-refractivity contribution is 0.731. The molecule has 1 aromatic carbocycles. The molecule has 0 radical (unpaired) electrons. The summed E-state index contributed by atoms with van der Waals surface area (Å²) < 4.78 is 1.88. The Hall–Kier alpha value is -2.40. The number of nitrogens with zero attached hydrogens (tertiary/aromatic N) is 4. The van der Waals surface area contributed by atoms with Crippen molar-refractivity contribution in [3.8, 4) is 22.5 Å². The third-order valence-electron chi connectivity index (χ3n) is 4.55. The van der Waals surface area contributed by atoms with Crippen molar-refractivity contribution in [3.05, 3.63) is 46.7 Å². The Bertz CT molecular complexity index is 943. The van der Waals surface area contributed by atoms with Crippen LogP contribution in [0.4, 0.5) is 5.95 Å². The van der Waals surface area contributed by atoms with Crippen LogP contribution in [0.3, 0.4) is 0 Å². The molecule has 0 aliphatic heterocycles. The van der Waals surface area contributed by atoms with E-state index in [1.54, 1.807) is 0 Å². The van der Waals surface area contributed by atoms with E-state index in [1.165, 1.54) is 12.8 Å². The number of anilines is 1. The van der Waals surface area contributed by atoms with Crippen LogP contribution in [-0.4, -0.2) is 25.8 Å². The van der Waals surface area contributed by atoms with Crippen molar-refractivity contribution in [1.82, 2.24) is 19.7 Å². The second-order valence-electron chi connectivity index (χ2n) is 6.53. The van der Waals surface area contributed by atoms with E-state index in [0.717, 1.165) is 33.9 Å². The summed E-state index contributed by atoms with van der Waals surface area (Å²) in [6.07, 6.45) is 2.33. The largest absolute Gasteiger partial charge is 0.351 e. The Morgan fingerprint density at radius 3 is 2.48 bits per heavy atom. The van der Waals surface area contributed by atoms with Gasteiger partial charge in [0.15, 0.2) is 0 Å². The molecule has 0 bridgehead atoms. The van der Waals surface area contributed by atoms with Crippen molar-refractivity contribution in [1.29, 1.82) is 0 Å². The summed E-state index contributed by atoms with van der Waals surface area (Å²) >= 11 is 6.40. The van der Waals surface area contributed by atoms with Gasteiger partial charge in [-0.05, 0) is 38.8 Å². The number of aromatic nitrogens is 4. The third-order valence-corrected chi connectivity index (χ3v) is 4.88. The standard InChI is InChI=1S/C19H20ClN5/c1-11-18(12(2)25(3)24-11)17-10-16(14-6-4-5-7-15(14)20)22-19(23-17)21-13-8-9-13/h4-7,10,13H,8-9H2,1-3H3,(H,21,22,23). The molecule has 1 N–H and O–H groups in total. The number of hydrogen-bond donors (Lipinski definition) is 1. The van der Waals surface area contributed by atoms with E-state index in [2.05, 4.69) is 17.3 Å². The number of aryl methyl sites for hydroxylation is 2. The summed E-state index contributed by atoms with van der Waals surface area (Å²) in [4.78, 5) is 9.46. The zero-order valence-corrected chi connectivity index (χ0v) is 15.3. The molecule has 2 heterocycles. The zero-order valence-electron chi connectivity index (χ0n) is 14.5. The monoisotopic (exact) mass is 353 g/mol. The van der Waals surface area contributed by atoms with Gasteiger partial charge in [0.2, 0.25) is 5.95 Å².